The van der Waals surface area contributed by atoms with E-state index in [-0.39, 0.29) is 12.0 Å². The molecule has 4 heteroatoms. The summed E-state index contributed by atoms with van der Waals surface area (Å²) in [7, 11) is 0. The standard InChI is InChI=1S/C41H34N4/c1-2-13-27(14-3-1)43-34-19-8-6-17-30(34)32-25-26-33-31-18-7-11-22-37(31)45(41(33)40(32)43)39-24-12-23-38(42-39)44-35-20-9-4-15-28(35)29-16-5-10-21-36(29)44/h4-12,15-27,31,37H,1-3,13-14H2. The Balaban J connectivity index is 1.25. The van der Waals surface area contributed by atoms with Crippen LogP contribution in [0.5, 0.6) is 0 Å². The second-order valence-corrected chi connectivity index (χ2v) is 13.0. The molecule has 7 aromatic rings. The largest absolute Gasteiger partial charge is 0.336 e. The van der Waals surface area contributed by atoms with Gasteiger partial charge < -0.3 is 9.47 Å². The minimum Gasteiger partial charge on any atom is -0.336 e. The highest BCUT2D eigenvalue weighted by Gasteiger charge is 2.41. The maximum absolute atomic E-state index is 5.51. The number of pyridine rings is 1. The van der Waals surface area contributed by atoms with Gasteiger partial charge in [-0.2, -0.15) is 0 Å². The molecule has 0 N–H and O–H groups in total. The Kier molecular flexibility index (Phi) is 5.45. The number of benzene rings is 4. The van der Waals surface area contributed by atoms with Crippen LogP contribution in [0.3, 0.4) is 0 Å². The van der Waals surface area contributed by atoms with E-state index in [2.05, 4.69) is 141 Å². The first-order valence-electron chi connectivity index (χ1n) is 16.5. The molecule has 45 heavy (non-hydrogen) atoms. The minimum absolute atomic E-state index is 0.175. The van der Waals surface area contributed by atoms with Gasteiger partial charge >= 0.3 is 0 Å². The van der Waals surface area contributed by atoms with Crippen LogP contribution in [-0.4, -0.2) is 20.2 Å². The number of nitrogens with zero attached hydrogens (tertiary/aromatic N) is 4. The van der Waals surface area contributed by atoms with Crippen LogP contribution in [-0.2, 0) is 0 Å². The number of anilines is 2. The minimum atomic E-state index is 0.175. The molecule has 2 unspecified atom stereocenters. The van der Waals surface area contributed by atoms with E-state index < -0.39 is 0 Å². The Morgan fingerprint density at radius 3 is 1.96 bits per heavy atom. The highest BCUT2D eigenvalue weighted by atomic mass is 15.3. The number of aromatic nitrogens is 3. The van der Waals surface area contributed by atoms with Crippen molar-refractivity contribution in [3.63, 3.8) is 0 Å². The van der Waals surface area contributed by atoms with Gasteiger partial charge in [-0.3, -0.25) is 4.57 Å². The molecule has 10 rings (SSSR count). The molecule has 3 aliphatic rings. The predicted octanol–water partition coefficient (Wildman–Crippen LogP) is 10.5. The Morgan fingerprint density at radius 2 is 1.20 bits per heavy atom. The van der Waals surface area contributed by atoms with Gasteiger partial charge in [-0.1, -0.05) is 116 Å². The fraction of sp³-hybridized carbons (Fsp3) is 0.195. The maximum Gasteiger partial charge on any atom is 0.140 e. The van der Waals surface area contributed by atoms with E-state index in [0.717, 1.165) is 11.6 Å². The topological polar surface area (TPSA) is 26.0 Å². The quantitative estimate of drug-likeness (QED) is 0.207. The van der Waals surface area contributed by atoms with Crippen molar-refractivity contribution in [1.29, 1.82) is 0 Å². The number of hydrogen-bond acceptors (Lipinski definition) is 2. The maximum atomic E-state index is 5.51. The molecule has 4 heterocycles. The van der Waals surface area contributed by atoms with Crippen molar-refractivity contribution in [1.82, 2.24) is 14.1 Å². The molecule has 0 saturated heterocycles. The van der Waals surface area contributed by atoms with Crippen LogP contribution >= 0.6 is 0 Å². The van der Waals surface area contributed by atoms with E-state index in [0.29, 0.717) is 6.04 Å². The average molecular weight is 583 g/mol. The van der Waals surface area contributed by atoms with E-state index in [1.807, 2.05) is 0 Å². The van der Waals surface area contributed by atoms with Crippen LogP contribution < -0.4 is 4.90 Å². The summed E-state index contributed by atoms with van der Waals surface area (Å²) in [5.74, 6) is 2.23. The molecular formula is C41H34N4. The van der Waals surface area contributed by atoms with Crippen LogP contribution in [0.4, 0.5) is 11.5 Å². The van der Waals surface area contributed by atoms with Gasteiger partial charge in [0.25, 0.3) is 0 Å². The summed E-state index contributed by atoms with van der Waals surface area (Å²) < 4.78 is 5.05. The number of hydrogen-bond donors (Lipinski definition) is 0. The van der Waals surface area contributed by atoms with Gasteiger partial charge in [0.1, 0.15) is 11.6 Å². The van der Waals surface area contributed by atoms with Crippen molar-refractivity contribution in [2.45, 2.75) is 50.1 Å². The second kappa shape index (κ2) is 9.70. The molecule has 0 amide bonds. The van der Waals surface area contributed by atoms with Crippen LogP contribution in [0.1, 0.15) is 49.6 Å². The molecule has 0 radical (unpaired) electrons. The van der Waals surface area contributed by atoms with Crippen molar-refractivity contribution in [2.24, 2.45) is 0 Å². The zero-order valence-electron chi connectivity index (χ0n) is 25.2. The van der Waals surface area contributed by atoms with E-state index in [1.54, 1.807) is 0 Å². The Bertz CT molecular complexity index is 2290. The van der Waals surface area contributed by atoms with Crippen molar-refractivity contribution < 1.29 is 0 Å². The number of rotatable bonds is 3. The molecular weight excluding hydrogens is 548 g/mol. The van der Waals surface area contributed by atoms with Crippen LogP contribution in [0, 0.1) is 0 Å². The third kappa shape index (κ3) is 3.57. The average Bonchev–Trinajstić information content (AvgIpc) is 3.75. The third-order valence-electron chi connectivity index (χ3n) is 10.6. The highest BCUT2D eigenvalue weighted by Crippen LogP contribution is 2.53. The molecule has 4 nitrogen and oxygen atoms in total. The molecule has 0 bridgehead atoms. The van der Waals surface area contributed by atoms with Gasteiger partial charge in [-0.05, 0) is 48.7 Å². The van der Waals surface area contributed by atoms with Crippen molar-refractivity contribution in [3.8, 4) is 5.82 Å². The second-order valence-electron chi connectivity index (χ2n) is 13.0. The molecule has 2 aliphatic carbocycles. The van der Waals surface area contributed by atoms with Crippen molar-refractivity contribution >= 4 is 55.1 Å². The predicted molar refractivity (Wildman–Crippen MR) is 187 cm³/mol. The van der Waals surface area contributed by atoms with Crippen LogP contribution in [0.2, 0.25) is 0 Å². The van der Waals surface area contributed by atoms with Gasteiger partial charge in [0.15, 0.2) is 0 Å². The summed E-state index contributed by atoms with van der Waals surface area (Å²) in [5, 5.41) is 5.22. The van der Waals surface area contributed by atoms with Gasteiger partial charge in [-0.15, -0.1) is 0 Å². The lowest BCUT2D eigenvalue weighted by atomic mass is 9.91. The summed E-state index contributed by atoms with van der Waals surface area (Å²) >= 11 is 0. The Morgan fingerprint density at radius 1 is 0.556 bits per heavy atom. The summed E-state index contributed by atoms with van der Waals surface area (Å²) in [6.07, 6.45) is 15.6. The van der Waals surface area contributed by atoms with E-state index in [9.17, 15) is 0 Å². The van der Waals surface area contributed by atoms with Gasteiger partial charge in [0.2, 0.25) is 0 Å². The summed E-state index contributed by atoms with van der Waals surface area (Å²) in [6.45, 7) is 0. The molecule has 1 aliphatic heterocycles. The smallest absolute Gasteiger partial charge is 0.140 e. The summed E-state index contributed by atoms with van der Waals surface area (Å²) in [6, 6.07) is 38.5. The zero-order valence-corrected chi connectivity index (χ0v) is 25.2. The first kappa shape index (κ1) is 25.3. The lowest BCUT2D eigenvalue weighted by molar-refractivity contribution is 0.367. The van der Waals surface area contributed by atoms with Gasteiger partial charge in [0, 0.05) is 39.0 Å². The Labute approximate surface area is 262 Å². The normalized spacial score (nSPS) is 19.7. The monoisotopic (exact) mass is 582 g/mol. The molecule has 0 spiro atoms. The highest BCUT2D eigenvalue weighted by molar-refractivity contribution is 6.14. The summed E-state index contributed by atoms with van der Waals surface area (Å²) in [4.78, 5) is 8.07. The van der Waals surface area contributed by atoms with Crippen LogP contribution in [0.15, 0.2) is 127 Å². The SMILES string of the molecule is C1=CC2c3ccc4c5ccccc5n(C5CCCCC5)c4c3N(c3cccc(-n4c5ccccc5c5ccccc54)n3)C2C=C1. The molecule has 4 aromatic carbocycles. The van der Waals surface area contributed by atoms with Gasteiger partial charge in [0.05, 0.1) is 28.3 Å². The van der Waals surface area contributed by atoms with Crippen molar-refractivity contribution in [3.05, 3.63) is 133 Å². The van der Waals surface area contributed by atoms with E-state index in [1.165, 1.54) is 87.0 Å². The third-order valence-corrected chi connectivity index (χ3v) is 10.6. The first-order valence-corrected chi connectivity index (χ1v) is 16.5. The molecule has 3 aromatic heterocycles. The number of fused-ring (bicyclic) bond motifs is 10. The number of para-hydroxylation sites is 3. The molecule has 1 fully saturated rings. The van der Waals surface area contributed by atoms with Crippen molar-refractivity contribution in [2.75, 3.05) is 4.90 Å². The van der Waals surface area contributed by atoms with E-state index in [4.69, 9.17) is 4.98 Å². The van der Waals surface area contributed by atoms with Crippen LogP contribution in [0.25, 0.3) is 49.4 Å². The molecule has 218 valence electrons. The lowest BCUT2D eigenvalue weighted by Gasteiger charge is -2.30. The fourth-order valence-corrected chi connectivity index (χ4v) is 8.72. The lowest BCUT2D eigenvalue weighted by Crippen LogP contribution is -2.29. The van der Waals surface area contributed by atoms with E-state index >= 15 is 0 Å². The summed E-state index contributed by atoms with van der Waals surface area (Å²) in [5.41, 5.74) is 7.83. The zero-order chi connectivity index (χ0) is 29.5. The fourth-order valence-electron chi connectivity index (χ4n) is 8.72. The number of allylic oxidation sites excluding steroid dienone is 2. The molecule has 2 atom stereocenters. The first-order chi connectivity index (χ1) is 22.4. The van der Waals surface area contributed by atoms with Gasteiger partial charge in [-0.25, -0.2) is 4.98 Å². The molecule has 1 saturated carbocycles. The Hall–Kier alpha value is -5.09.